The molecule has 0 fully saturated rings. The molecule has 2 aromatic rings. The van der Waals surface area contributed by atoms with Gasteiger partial charge in [0.05, 0.1) is 4.90 Å². The monoisotopic (exact) mass is 322 g/mol. The topological polar surface area (TPSA) is 63.4 Å². The van der Waals surface area contributed by atoms with E-state index in [1.807, 2.05) is 31.1 Å². The molecule has 2 aromatic carbocycles. The van der Waals surface area contributed by atoms with E-state index in [-0.39, 0.29) is 11.4 Å². The van der Waals surface area contributed by atoms with Gasteiger partial charge in [0.1, 0.15) is 11.1 Å². The summed E-state index contributed by atoms with van der Waals surface area (Å²) in [6, 6.07) is 12.0. The van der Waals surface area contributed by atoms with Gasteiger partial charge in [-0.05, 0) is 42.0 Å². The van der Waals surface area contributed by atoms with Crippen LogP contribution in [0, 0.1) is 5.82 Å². The number of nitrogens with zero attached hydrogens (tertiary/aromatic N) is 1. The molecule has 0 radical (unpaired) electrons. The highest BCUT2D eigenvalue weighted by Gasteiger charge is 2.27. The first-order valence-corrected chi connectivity index (χ1v) is 8.37. The zero-order chi connectivity index (χ0) is 16.3. The lowest BCUT2D eigenvalue weighted by Crippen LogP contribution is -2.22. The number of hydrogen-bond donors (Lipinski definition) is 1. The second kappa shape index (κ2) is 6.46. The third-order valence-corrected chi connectivity index (χ3v) is 5.66. The minimum atomic E-state index is -3.66. The van der Waals surface area contributed by atoms with Crippen LogP contribution in [0.15, 0.2) is 53.4 Å². The molecule has 1 atom stereocenters. The Bertz CT molecular complexity index is 726. The fourth-order valence-electron chi connectivity index (χ4n) is 2.22. The number of nitrogens with two attached hydrogens (primary N) is 1. The lowest BCUT2D eigenvalue weighted by atomic mass is 10.1. The molecule has 2 N–H and O–H groups in total. The van der Waals surface area contributed by atoms with E-state index in [2.05, 4.69) is 0 Å². The second-order valence-electron chi connectivity index (χ2n) is 5.21. The highest BCUT2D eigenvalue weighted by atomic mass is 32.2. The summed E-state index contributed by atoms with van der Waals surface area (Å²) in [4.78, 5) is 2.00. The van der Waals surface area contributed by atoms with Gasteiger partial charge < -0.3 is 10.6 Å². The smallest absolute Gasteiger partial charge is 0.186 e. The van der Waals surface area contributed by atoms with Gasteiger partial charge in [0.2, 0.25) is 0 Å². The summed E-state index contributed by atoms with van der Waals surface area (Å²) >= 11 is 0. The van der Waals surface area contributed by atoms with Crippen LogP contribution in [0.25, 0.3) is 0 Å². The van der Waals surface area contributed by atoms with E-state index in [0.717, 1.165) is 17.8 Å². The summed E-state index contributed by atoms with van der Waals surface area (Å²) in [6.07, 6.45) is 0. The highest BCUT2D eigenvalue weighted by Crippen LogP contribution is 2.29. The molecule has 0 aliphatic rings. The van der Waals surface area contributed by atoms with Gasteiger partial charge in [0, 0.05) is 26.3 Å². The lowest BCUT2D eigenvalue weighted by Gasteiger charge is -2.18. The maximum Gasteiger partial charge on any atom is 0.186 e. The first-order chi connectivity index (χ1) is 10.4. The van der Waals surface area contributed by atoms with Crippen LogP contribution in [0.4, 0.5) is 10.1 Å². The highest BCUT2D eigenvalue weighted by molar-refractivity contribution is 7.91. The summed E-state index contributed by atoms with van der Waals surface area (Å²) in [7, 11) is 0.156. The molecule has 0 unspecified atom stereocenters. The normalized spacial score (nSPS) is 12.9. The molecule has 0 aliphatic heterocycles. The molecule has 0 aliphatic carbocycles. The van der Waals surface area contributed by atoms with Crippen molar-refractivity contribution < 1.29 is 12.8 Å². The van der Waals surface area contributed by atoms with Gasteiger partial charge in [-0.25, -0.2) is 12.8 Å². The van der Waals surface area contributed by atoms with Crippen LogP contribution in [0.1, 0.15) is 10.8 Å². The largest absolute Gasteiger partial charge is 0.378 e. The molecule has 118 valence electrons. The molecule has 0 spiro atoms. The molecule has 0 bridgehead atoms. The van der Waals surface area contributed by atoms with Crippen LogP contribution in [0.5, 0.6) is 0 Å². The first-order valence-electron chi connectivity index (χ1n) is 6.83. The summed E-state index contributed by atoms with van der Waals surface area (Å²) in [6.45, 7) is -0.0407. The van der Waals surface area contributed by atoms with E-state index in [0.29, 0.717) is 5.56 Å². The van der Waals surface area contributed by atoms with Crippen LogP contribution in [0.3, 0.4) is 0 Å². The van der Waals surface area contributed by atoms with E-state index >= 15 is 0 Å². The SMILES string of the molecule is CN(C)c1ccc([C@H](CN)S(=O)(=O)c2ccc(F)cc2)cc1. The maximum atomic E-state index is 13.0. The molecule has 0 amide bonds. The van der Waals surface area contributed by atoms with E-state index in [9.17, 15) is 12.8 Å². The van der Waals surface area contributed by atoms with E-state index < -0.39 is 20.9 Å². The molecule has 0 saturated carbocycles. The molecular weight excluding hydrogens is 303 g/mol. The Morgan fingerprint density at radius 1 is 1.05 bits per heavy atom. The number of sulfone groups is 1. The summed E-state index contributed by atoms with van der Waals surface area (Å²) < 4.78 is 38.3. The molecular formula is C16H19FN2O2S. The predicted molar refractivity (Wildman–Crippen MR) is 86.2 cm³/mol. The average molecular weight is 322 g/mol. The van der Waals surface area contributed by atoms with Gasteiger partial charge in [-0.3, -0.25) is 0 Å². The van der Waals surface area contributed by atoms with Crippen molar-refractivity contribution in [2.45, 2.75) is 10.1 Å². The number of rotatable bonds is 5. The van der Waals surface area contributed by atoms with Gasteiger partial charge in [0.15, 0.2) is 9.84 Å². The van der Waals surface area contributed by atoms with Crippen molar-refractivity contribution in [2.75, 3.05) is 25.5 Å². The Labute approximate surface area is 130 Å². The van der Waals surface area contributed by atoms with Crippen LogP contribution in [-0.4, -0.2) is 29.1 Å². The third-order valence-electron chi connectivity index (χ3n) is 3.51. The maximum absolute atomic E-state index is 13.0. The van der Waals surface area contributed by atoms with E-state index in [4.69, 9.17) is 5.73 Å². The van der Waals surface area contributed by atoms with Crippen molar-refractivity contribution in [3.63, 3.8) is 0 Å². The van der Waals surface area contributed by atoms with Crippen molar-refractivity contribution in [1.82, 2.24) is 0 Å². The van der Waals surface area contributed by atoms with Crippen LogP contribution in [-0.2, 0) is 9.84 Å². The van der Waals surface area contributed by atoms with Crippen molar-refractivity contribution in [2.24, 2.45) is 5.73 Å². The molecule has 6 heteroatoms. The van der Waals surface area contributed by atoms with Crippen molar-refractivity contribution in [1.29, 1.82) is 0 Å². The number of halogens is 1. The molecule has 0 saturated heterocycles. The Morgan fingerprint density at radius 3 is 2.05 bits per heavy atom. The Balaban J connectivity index is 2.40. The Morgan fingerprint density at radius 2 is 1.59 bits per heavy atom. The van der Waals surface area contributed by atoms with Gasteiger partial charge in [-0.2, -0.15) is 0 Å². The number of anilines is 1. The zero-order valence-electron chi connectivity index (χ0n) is 12.5. The predicted octanol–water partition coefficient (Wildman–Crippen LogP) is 2.37. The number of benzene rings is 2. The van der Waals surface area contributed by atoms with Gasteiger partial charge >= 0.3 is 0 Å². The lowest BCUT2D eigenvalue weighted by molar-refractivity contribution is 0.581. The van der Waals surface area contributed by atoms with Gasteiger partial charge in [-0.15, -0.1) is 0 Å². The van der Waals surface area contributed by atoms with Crippen LogP contribution >= 0.6 is 0 Å². The number of hydrogen-bond acceptors (Lipinski definition) is 4. The minimum absolute atomic E-state index is 0.0407. The van der Waals surface area contributed by atoms with Crippen LogP contribution in [0.2, 0.25) is 0 Å². The first kappa shape index (κ1) is 16.5. The minimum Gasteiger partial charge on any atom is -0.378 e. The molecule has 0 aromatic heterocycles. The summed E-state index contributed by atoms with van der Waals surface area (Å²) in [5.41, 5.74) is 7.29. The van der Waals surface area contributed by atoms with Crippen LogP contribution < -0.4 is 10.6 Å². The third kappa shape index (κ3) is 3.28. The average Bonchev–Trinajstić information content (AvgIpc) is 2.48. The van der Waals surface area contributed by atoms with Crippen molar-refractivity contribution in [3.8, 4) is 0 Å². The van der Waals surface area contributed by atoms with E-state index in [1.54, 1.807) is 12.1 Å². The quantitative estimate of drug-likeness (QED) is 0.859. The Kier molecular flexibility index (Phi) is 4.83. The molecule has 4 nitrogen and oxygen atoms in total. The van der Waals surface area contributed by atoms with Gasteiger partial charge in [-0.1, -0.05) is 12.1 Å². The molecule has 2 rings (SSSR count). The van der Waals surface area contributed by atoms with E-state index in [1.165, 1.54) is 12.1 Å². The molecule has 22 heavy (non-hydrogen) atoms. The summed E-state index contributed by atoms with van der Waals surface area (Å²) in [5, 5.41) is -0.853. The standard InChI is InChI=1S/C16H19FN2O2S/c1-19(2)14-7-3-12(4-8-14)16(11-18)22(20,21)15-9-5-13(17)6-10-15/h3-10,16H,11,18H2,1-2H3/t16-/m0/s1. The summed E-state index contributed by atoms with van der Waals surface area (Å²) in [5.74, 6) is -0.474. The second-order valence-corrected chi connectivity index (χ2v) is 7.34. The van der Waals surface area contributed by atoms with Gasteiger partial charge in [0.25, 0.3) is 0 Å². The molecule has 0 heterocycles. The fourth-order valence-corrected chi connectivity index (χ4v) is 3.83. The fraction of sp³-hybridized carbons (Fsp3) is 0.250. The Hall–Kier alpha value is -1.92. The van der Waals surface area contributed by atoms with Crippen molar-refractivity contribution >= 4 is 15.5 Å². The zero-order valence-corrected chi connectivity index (χ0v) is 13.3. The van der Waals surface area contributed by atoms with Crippen molar-refractivity contribution in [3.05, 3.63) is 59.9 Å².